The highest BCUT2D eigenvalue weighted by atomic mass is 32.1. The lowest BCUT2D eigenvalue weighted by Crippen LogP contribution is -2.43. The number of likely N-dealkylation sites (N-methyl/N-ethyl adjacent to an activating group) is 1. The van der Waals surface area contributed by atoms with Crippen LogP contribution in [0.15, 0.2) is 29.6 Å². The number of fused-ring (bicyclic) bond motifs is 3. The number of rotatable bonds is 5. The molecule has 4 heterocycles. The van der Waals surface area contributed by atoms with Crippen molar-refractivity contribution in [2.45, 2.75) is 31.9 Å². The molecule has 7 heteroatoms. The van der Waals surface area contributed by atoms with Gasteiger partial charge in [0.2, 0.25) is 0 Å². The van der Waals surface area contributed by atoms with Crippen LogP contribution >= 0.6 is 11.3 Å². The van der Waals surface area contributed by atoms with E-state index >= 15 is 0 Å². The molecule has 0 bridgehead atoms. The predicted octanol–water partition coefficient (Wildman–Crippen LogP) is 4.00. The van der Waals surface area contributed by atoms with Gasteiger partial charge in [0.25, 0.3) is 0 Å². The highest BCUT2D eigenvalue weighted by Gasteiger charge is 2.26. The van der Waals surface area contributed by atoms with Gasteiger partial charge in [0.1, 0.15) is 6.61 Å². The van der Waals surface area contributed by atoms with E-state index < -0.39 is 0 Å². The maximum absolute atomic E-state index is 5.87. The zero-order valence-electron chi connectivity index (χ0n) is 20.3. The van der Waals surface area contributed by atoms with Crippen molar-refractivity contribution in [2.75, 3.05) is 53.0 Å². The molecule has 6 nitrogen and oxygen atoms in total. The van der Waals surface area contributed by atoms with Crippen molar-refractivity contribution in [3.8, 4) is 34.4 Å². The second-order valence-electron chi connectivity index (χ2n) is 9.80. The fraction of sp³-hybridized carbons (Fsp3) is 0.464. The lowest BCUT2D eigenvalue weighted by molar-refractivity contribution is -0.0206. The summed E-state index contributed by atoms with van der Waals surface area (Å²) in [7, 11) is 2.21. The third-order valence-electron chi connectivity index (χ3n) is 7.32. The van der Waals surface area contributed by atoms with Crippen LogP contribution in [0.2, 0.25) is 0 Å². The summed E-state index contributed by atoms with van der Waals surface area (Å²) in [6.07, 6.45) is 3.15. The minimum atomic E-state index is 0.285. The van der Waals surface area contributed by atoms with Gasteiger partial charge in [0.05, 0.1) is 22.4 Å². The number of aromatic amines is 1. The number of H-pyrrole nitrogens is 1. The van der Waals surface area contributed by atoms with Crippen molar-refractivity contribution in [1.82, 2.24) is 20.0 Å². The largest absolute Gasteiger partial charge is 0.381 e. The highest BCUT2D eigenvalue weighted by Crippen LogP contribution is 2.41. The number of nitrogens with zero attached hydrogens (tertiary/aromatic N) is 3. The first-order valence-corrected chi connectivity index (χ1v) is 13.5. The Hall–Kier alpha value is -2.47. The van der Waals surface area contributed by atoms with Crippen molar-refractivity contribution in [3.05, 3.63) is 51.2 Å². The van der Waals surface area contributed by atoms with Crippen molar-refractivity contribution in [2.24, 2.45) is 0 Å². The summed E-state index contributed by atoms with van der Waals surface area (Å²) < 4.78 is 11.3. The number of piperazine rings is 1. The molecule has 0 unspecified atom stereocenters. The van der Waals surface area contributed by atoms with Crippen molar-refractivity contribution in [1.29, 1.82) is 0 Å². The Morgan fingerprint density at radius 1 is 1.17 bits per heavy atom. The summed E-state index contributed by atoms with van der Waals surface area (Å²) >= 11 is 1.67. The molecule has 0 spiro atoms. The van der Waals surface area contributed by atoms with E-state index in [4.69, 9.17) is 9.47 Å². The Bertz CT molecular complexity index is 1240. The zero-order valence-corrected chi connectivity index (χ0v) is 21.1. The molecule has 0 atom stereocenters. The first kappa shape index (κ1) is 23.0. The molecule has 2 saturated heterocycles. The number of ether oxygens (including phenoxy) is 2. The molecule has 0 radical (unpaired) electrons. The topological polar surface area (TPSA) is 53.6 Å². The van der Waals surface area contributed by atoms with Crippen LogP contribution in [0.3, 0.4) is 0 Å². The second-order valence-corrected chi connectivity index (χ2v) is 10.7. The van der Waals surface area contributed by atoms with Gasteiger partial charge in [0.15, 0.2) is 0 Å². The van der Waals surface area contributed by atoms with Crippen LogP contribution in [0.25, 0.3) is 22.5 Å². The molecular formula is C28H32N4O2S. The lowest BCUT2D eigenvalue weighted by Gasteiger charge is -2.32. The van der Waals surface area contributed by atoms with Gasteiger partial charge >= 0.3 is 0 Å². The summed E-state index contributed by atoms with van der Waals surface area (Å²) in [4.78, 5) is 6.02. The van der Waals surface area contributed by atoms with Crippen molar-refractivity contribution < 1.29 is 9.47 Å². The van der Waals surface area contributed by atoms with E-state index in [1.807, 2.05) is 0 Å². The van der Waals surface area contributed by atoms with E-state index in [1.54, 1.807) is 11.3 Å². The average Bonchev–Trinajstić information content (AvgIpc) is 3.59. The van der Waals surface area contributed by atoms with E-state index in [9.17, 15) is 0 Å². The quantitative estimate of drug-likeness (QED) is 0.431. The fourth-order valence-corrected chi connectivity index (χ4v) is 6.00. The Morgan fingerprint density at radius 3 is 2.89 bits per heavy atom. The fourth-order valence-electron chi connectivity index (χ4n) is 5.24. The van der Waals surface area contributed by atoms with E-state index in [0.29, 0.717) is 6.61 Å². The zero-order chi connectivity index (χ0) is 23.6. The molecule has 3 aliphatic rings. The molecule has 2 fully saturated rings. The molecule has 1 N–H and O–H groups in total. The van der Waals surface area contributed by atoms with Gasteiger partial charge in [0, 0.05) is 74.4 Å². The Morgan fingerprint density at radius 2 is 2.03 bits per heavy atom. The van der Waals surface area contributed by atoms with Gasteiger partial charge < -0.3 is 14.4 Å². The van der Waals surface area contributed by atoms with Crippen LogP contribution in [-0.2, 0) is 22.4 Å². The Labute approximate surface area is 211 Å². The standard InChI is InChI=1S/C28H32N4O2S/c1-31-8-10-32(11-9-31)18-20-4-5-25-21(15-20)17-26-27(29-30-28(25)26)22-16-24(35-19-22)3-2-12-34-23-6-13-33-14-7-23/h4-5,15-16,19,23H,6-14,17-18H2,1H3,(H,29,30). The van der Waals surface area contributed by atoms with Crippen molar-refractivity contribution >= 4 is 11.3 Å². The number of thiophene rings is 1. The molecular weight excluding hydrogens is 456 g/mol. The maximum Gasteiger partial charge on any atom is 0.108 e. The molecule has 0 saturated carbocycles. The number of nitrogens with one attached hydrogen (secondary N) is 1. The second kappa shape index (κ2) is 10.3. The van der Waals surface area contributed by atoms with E-state index in [1.165, 1.54) is 27.9 Å². The van der Waals surface area contributed by atoms with Gasteiger partial charge in [-0.25, -0.2) is 0 Å². The molecule has 0 amide bonds. The molecule has 1 aromatic carbocycles. The highest BCUT2D eigenvalue weighted by molar-refractivity contribution is 7.11. The third kappa shape index (κ3) is 5.09. The first-order valence-electron chi connectivity index (χ1n) is 12.6. The Balaban J connectivity index is 1.11. The normalized spacial score (nSPS) is 18.8. The van der Waals surface area contributed by atoms with Crippen molar-refractivity contribution in [3.63, 3.8) is 0 Å². The van der Waals surface area contributed by atoms with E-state index in [-0.39, 0.29) is 6.10 Å². The summed E-state index contributed by atoms with van der Waals surface area (Å²) in [6, 6.07) is 9.11. The van der Waals surface area contributed by atoms with Crippen LogP contribution in [0.5, 0.6) is 0 Å². The summed E-state index contributed by atoms with van der Waals surface area (Å²) in [5, 5.41) is 10.2. The van der Waals surface area contributed by atoms with Gasteiger partial charge in [-0.15, -0.1) is 11.3 Å². The van der Waals surface area contributed by atoms with Crippen LogP contribution < -0.4 is 0 Å². The smallest absolute Gasteiger partial charge is 0.108 e. The minimum absolute atomic E-state index is 0.285. The average molecular weight is 489 g/mol. The third-order valence-corrected chi connectivity index (χ3v) is 8.17. The molecule has 182 valence electrons. The van der Waals surface area contributed by atoms with Gasteiger partial charge in [-0.2, -0.15) is 5.10 Å². The first-order chi connectivity index (χ1) is 17.2. The summed E-state index contributed by atoms with van der Waals surface area (Å²) in [5.74, 6) is 6.45. The minimum Gasteiger partial charge on any atom is -0.381 e. The van der Waals surface area contributed by atoms with Crippen LogP contribution in [0, 0.1) is 11.8 Å². The molecule has 6 rings (SSSR count). The van der Waals surface area contributed by atoms with E-state index in [2.05, 4.69) is 68.5 Å². The van der Waals surface area contributed by atoms with Gasteiger partial charge in [-0.05, 0) is 37.1 Å². The number of benzene rings is 1. The number of hydrogen-bond acceptors (Lipinski definition) is 6. The predicted molar refractivity (Wildman–Crippen MR) is 140 cm³/mol. The van der Waals surface area contributed by atoms with Crippen LogP contribution in [0.1, 0.15) is 34.4 Å². The van der Waals surface area contributed by atoms with Gasteiger partial charge in [-0.1, -0.05) is 30.0 Å². The maximum atomic E-state index is 5.87. The molecule has 35 heavy (non-hydrogen) atoms. The van der Waals surface area contributed by atoms with E-state index in [0.717, 1.165) is 81.3 Å². The molecule has 1 aliphatic carbocycles. The molecule has 3 aromatic rings. The summed E-state index contributed by atoms with van der Waals surface area (Å²) in [5.41, 5.74) is 8.78. The summed E-state index contributed by atoms with van der Waals surface area (Å²) in [6.45, 7) is 7.69. The molecule has 2 aromatic heterocycles. The number of aromatic nitrogens is 2. The lowest BCUT2D eigenvalue weighted by atomic mass is 10.0. The molecule has 2 aliphatic heterocycles. The van der Waals surface area contributed by atoms with Crippen LogP contribution in [-0.4, -0.2) is 79.1 Å². The van der Waals surface area contributed by atoms with Crippen LogP contribution in [0.4, 0.5) is 0 Å². The SMILES string of the molecule is CN1CCN(Cc2ccc3c(c2)Cc2c(-c4csc(C#CCOC5CCOCC5)c4)n[nH]c2-3)CC1. The monoisotopic (exact) mass is 488 g/mol. The number of hydrogen-bond donors (Lipinski definition) is 1. The van der Waals surface area contributed by atoms with Gasteiger partial charge in [-0.3, -0.25) is 10.00 Å². The Kier molecular flexibility index (Phi) is 6.73.